The fourth-order valence-corrected chi connectivity index (χ4v) is 3.29. The third kappa shape index (κ3) is 3.91. The number of aromatic nitrogens is 1. The number of rotatable bonds is 5. The first-order valence-electron chi connectivity index (χ1n) is 8.92. The van der Waals surface area contributed by atoms with Gasteiger partial charge in [-0.3, -0.25) is 25.2 Å². The first kappa shape index (κ1) is 19.9. The van der Waals surface area contributed by atoms with Gasteiger partial charge >= 0.3 is 0 Å². The fourth-order valence-electron chi connectivity index (χ4n) is 3.29. The Morgan fingerprint density at radius 3 is 2.34 bits per heavy atom. The zero-order valence-corrected chi connectivity index (χ0v) is 16.5. The molecule has 148 valence electrons. The van der Waals surface area contributed by atoms with Crippen LogP contribution < -0.4 is 0 Å². The highest BCUT2D eigenvalue weighted by Crippen LogP contribution is 2.28. The molecule has 0 fully saturated rings. The van der Waals surface area contributed by atoms with Crippen LogP contribution in [-0.2, 0) is 0 Å². The Balaban J connectivity index is 2.01. The average Bonchev–Trinajstić information content (AvgIpc) is 2.95. The van der Waals surface area contributed by atoms with Crippen LogP contribution in [0.2, 0.25) is 0 Å². The van der Waals surface area contributed by atoms with Crippen LogP contribution in [0, 0.1) is 47.9 Å². The number of hydrogen-bond acceptors (Lipinski definition) is 5. The van der Waals surface area contributed by atoms with Gasteiger partial charge in [-0.1, -0.05) is 6.07 Å². The Kier molecular flexibility index (Phi) is 5.27. The van der Waals surface area contributed by atoms with Crippen LogP contribution in [0.1, 0.15) is 28.1 Å². The van der Waals surface area contributed by atoms with E-state index in [2.05, 4.69) is 4.99 Å². The van der Waals surface area contributed by atoms with Crippen LogP contribution in [0.5, 0.6) is 0 Å². The smallest absolute Gasteiger partial charge is 0.274 e. The molecule has 0 aliphatic heterocycles. The van der Waals surface area contributed by atoms with Crippen molar-refractivity contribution < 1.29 is 9.85 Å². The lowest BCUT2D eigenvalue weighted by Crippen LogP contribution is -2.00. The zero-order valence-electron chi connectivity index (χ0n) is 16.5. The summed E-state index contributed by atoms with van der Waals surface area (Å²) in [5.74, 6) is 0. The van der Waals surface area contributed by atoms with Gasteiger partial charge in [0.05, 0.1) is 21.2 Å². The van der Waals surface area contributed by atoms with Crippen LogP contribution in [0.4, 0.5) is 17.1 Å². The van der Waals surface area contributed by atoms with Gasteiger partial charge in [0.1, 0.15) is 0 Å². The highest BCUT2D eigenvalue weighted by Gasteiger charge is 2.15. The van der Waals surface area contributed by atoms with E-state index in [1.165, 1.54) is 18.2 Å². The Morgan fingerprint density at radius 1 is 0.966 bits per heavy atom. The third-order valence-electron chi connectivity index (χ3n) is 4.94. The second-order valence-electron chi connectivity index (χ2n) is 6.86. The van der Waals surface area contributed by atoms with Crippen molar-refractivity contribution >= 4 is 23.3 Å². The number of nitrogens with zero attached hydrogens (tertiary/aromatic N) is 4. The number of aryl methyl sites for hydroxylation is 2. The molecule has 29 heavy (non-hydrogen) atoms. The third-order valence-corrected chi connectivity index (χ3v) is 4.94. The van der Waals surface area contributed by atoms with Crippen molar-refractivity contribution in [1.82, 2.24) is 4.57 Å². The van der Waals surface area contributed by atoms with Crippen LogP contribution in [0.15, 0.2) is 47.5 Å². The van der Waals surface area contributed by atoms with Gasteiger partial charge in [-0.15, -0.1) is 0 Å². The number of nitro benzene ring substituents is 2. The maximum Gasteiger partial charge on any atom is 0.274 e. The molecule has 0 bridgehead atoms. The van der Waals surface area contributed by atoms with E-state index in [-0.39, 0.29) is 11.4 Å². The minimum Gasteiger partial charge on any atom is -0.318 e. The van der Waals surface area contributed by atoms with Gasteiger partial charge in [0.2, 0.25) is 0 Å². The number of hydrogen-bond donors (Lipinski definition) is 0. The van der Waals surface area contributed by atoms with Gasteiger partial charge in [-0.05, 0) is 51.5 Å². The van der Waals surface area contributed by atoms with Gasteiger partial charge in [-0.2, -0.15) is 0 Å². The van der Waals surface area contributed by atoms with Gasteiger partial charge in [-0.25, -0.2) is 0 Å². The van der Waals surface area contributed by atoms with Gasteiger partial charge in [0, 0.05) is 46.9 Å². The van der Waals surface area contributed by atoms with Crippen molar-refractivity contribution in [2.75, 3.05) is 0 Å². The van der Waals surface area contributed by atoms with Crippen LogP contribution in [-0.4, -0.2) is 20.6 Å². The van der Waals surface area contributed by atoms with E-state index in [0.29, 0.717) is 16.9 Å². The monoisotopic (exact) mass is 392 g/mol. The quantitative estimate of drug-likeness (QED) is 0.335. The lowest BCUT2D eigenvalue weighted by atomic mass is 10.1. The van der Waals surface area contributed by atoms with Crippen LogP contribution in [0.25, 0.3) is 5.69 Å². The predicted octanol–water partition coefficient (Wildman–Crippen LogP) is 5.28. The maximum absolute atomic E-state index is 11.2. The van der Waals surface area contributed by atoms with Crippen molar-refractivity contribution in [3.8, 4) is 5.69 Å². The predicted molar refractivity (Wildman–Crippen MR) is 112 cm³/mol. The largest absolute Gasteiger partial charge is 0.318 e. The topological polar surface area (TPSA) is 104 Å². The van der Waals surface area contributed by atoms with Crippen LogP contribution in [0.3, 0.4) is 0 Å². The zero-order chi connectivity index (χ0) is 21.3. The molecule has 3 rings (SSSR count). The fraction of sp³-hybridized carbons (Fsp3) is 0.190. The number of nitro groups is 2. The summed E-state index contributed by atoms with van der Waals surface area (Å²) < 4.78 is 1.91. The van der Waals surface area contributed by atoms with Crippen molar-refractivity contribution in [3.05, 3.63) is 90.8 Å². The van der Waals surface area contributed by atoms with E-state index >= 15 is 0 Å². The summed E-state index contributed by atoms with van der Waals surface area (Å²) in [7, 11) is 0. The molecule has 2 aromatic carbocycles. The summed E-state index contributed by atoms with van der Waals surface area (Å²) in [5, 5.41) is 22.3. The normalized spacial score (nSPS) is 11.2. The van der Waals surface area contributed by atoms with E-state index in [4.69, 9.17) is 0 Å². The van der Waals surface area contributed by atoms with Crippen molar-refractivity contribution in [3.63, 3.8) is 0 Å². The van der Waals surface area contributed by atoms with Crippen molar-refractivity contribution in [2.24, 2.45) is 4.99 Å². The van der Waals surface area contributed by atoms with E-state index in [9.17, 15) is 20.2 Å². The van der Waals surface area contributed by atoms with Crippen molar-refractivity contribution in [1.29, 1.82) is 0 Å². The standard InChI is InChI=1S/C21H20N4O4/c1-13-8-18(10-21(15(13)3)25(28)29)22-12-17-9-14(2)23(16(17)4)19-6-5-7-20(11-19)24(26)27/h5-12H,1-4H3. The molecule has 0 saturated heterocycles. The summed E-state index contributed by atoms with van der Waals surface area (Å²) in [5.41, 5.74) is 5.27. The summed E-state index contributed by atoms with van der Waals surface area (Å²) in [4.78, 5) is 25.9. The lowest BCUT2D eigenvalue weighted by Gasteiger charge is -2.09. The molecular formula is C21H20N4O4. The summed E-state index contributed by atoms with van der Waals surface area (Å²) in [6.45, 7) is 7.34. The number of aliphatic imine (C=N–C) groups is 1. The molecule has 0 atom stereocenters. The Hall–Kier alpha value is -3.81. The van der Waals surface area contributed by atoms with E-state index < -0.39 is 9.85 Å². The molecule has 8 nitrogen and oxygen atoms in total. The number of non-ortho nitro benzene ring substituents is 1. The lowest BCUT2D eigenvalue weighted by molar-refractivity contribution is -0.385. The SMILES string of the molecule is Cc1cc(N=Cc2cc(C)n(-c3cccc([N+](=O)[O-])c3)c2C)cc([N+](=O)[O-])c1C. The van der Waals surface area contributed by atoms with E-state index in [1.54, 1.807) is 31.3 Å². The van der Waals surface area contributed by atoms with E-state index in [0.717, 1.165) is 22.5 Å². The molecule has 8 heteroatoms. The Morgan fingerprint density at radius 2 is 1.69 bits per heavy atom. The van der Waals surface area contributed by atoms with Gasteiger partial charge < -0.3 is 4.57 Å². The molecular weight excluding hydrogens is 372 g/mol. The molecule has 0 amide bonds. The molecule has 0 saturated carbocycles. The Labute approximate surface area is 167 Å². The minimum absolute atomic E-state index is 0.0210. The summed E-state index contributed by atoms with van der Waals surface area (Å²) in [6.07, 6.45) is 1.66. The second kappa shape index (κ2) is 7.67. The summed E-state index contributed by atoms with van der Waals surface area (Å²) >= 11 is 0. The van der Waals surface area contributed by atoms with Gasteiger partial charge in [0.25, 0.3) is 11.4 Å². The maximum atomic E-state index is 11.2. The average molecular weight is 392 g/mol. The van der Waals surface area contributed by atoms with Gasteiger partial charge in [0.15, 0.2) is 0 Å². The number of benzene rings is 2. The first-order valence-corrected chi connectivity index (χ1v) is 8.92. The summed E-state index contributed by atoms with van der Waals surface area (Å²) in [6, 6.07) is 11.6. The molecule has 3 aromatic rings. The minimum atomic E-state index is -0.424. The molecule has 1 heterocycles. The highest BCUT2D eigenvalue weighted by atomic mass is 16.6. The molecule has 0 aliphatic rings. The molecule has 0 unspecified atom stereocenters. The first-order chi connectivity index (χ1) is 13.7. The molecule has 0 N–H and O–H groups in total. The molecule has 0 radical (unpaired) electrons. The molecule has 0 spiro atoms. The molecule has 0 aliphatic carbocycles. The molecule has 1 aromatic heterocycles. The van der Waals surface area contributed by atoms with Crippen molar-refractivity contribution in [2.45, 2.75) is 27.7 Å². The van der Waals surface area contributed by atoms with Crippen LogP contribution >= 0.6 is 0 Å². The Bertz CT molecular complexity index is 1160. The van der Waals surface area contributed by atoms with E-state index in [1.807, 2.05) is 31.4 Å². The second-order valence-corrected chi connectivity index (χ2v) is 6.86. The highest BCUT2D eigenvalue weighted by molar-refractivity contribution is 5.84.